The summed E-state index contributed by atoms with van der Waals surface area (Å²) in [7, 11) is -1.57. The van der Waals surface area contributed by atoms with Crippen LogP contribution in [-0.4, -0.2) is 28.1 Å². The van der Waals surface area contributed by atoms with Gasteiger partial charge in [0.15, 0.2) is 0 Å². The van der Waals surface area contributed by atoms with Gasteiger partial charge in [-0.15, -0.1) is 0 Å². The summed E-state index contributed by atoms with van der Waals surface area (Å²) >= 11 is 0. The third-order valence-corrected chi connectivity index (χ3v) is 3.33. The van der Waals surface area contributed by atoms with E-state index >= 15 is 0 Å². The largest absolute Gasteiger partial charge is 0.507 e. The van der Waals surface area contributed by atoms with Gasteiger partial charge in [-0.2, -0.15) is 0 Å². The first-order valence-corrected chi connectivity index (χ1v) is 6.49. The van der Waals surface area contributed by atoms with Crippen molar-refractivity contribution in [1.29, 1.82) is 0 Å². The van der Waals surface area contributed by atoms with Gasteiger partial charge in [0.1, 0.15) is 11.5 Å². The summed E-state index contributed by atoms with van der Waals surface area (Å²) in [6, 6.07) is 5.31. The van der Waals surface area contributed by atoms with Gasteiger partial charge in [-0.3, -0.25) is 4.79 Å². The van der Waals surface area contributed by atoms with Crippen molar-refractivity contribution in [3.05, 3.63) is 29.3 Å². The third kappa shape index (κ3) is 4.37. The average Bonchev–Trinajstić information content (AvgIpc) is 2.33. The first kappa shape index (κ1) is 15.7. The molecule has 1 aromatic rings. The quantitative estimate of drug-likeness (QED) is 0.683. The van der Waals surface area contributed by atoms with Gasteiger partial charge in [-0.05, 0) is 24.5 Å². The Balaban J connectivity index is 2.84. The van der Waals surface area contributed by atoms with Gasteiger partial charge in [-0.25, -0.2) is 0 Å². The normalized spacial score (nSPS) is 12.5. The van der Waals surface area contributed by atoms with Crippen LogP contribution in [0.25, 0.3) is 0 Å². The van der Waals surface area contributed by atoms with Crippen LogP contribution in [0, 0.1) is 12.8 Å². The van der Waals surface area contributed by atoms with Crippen molar-refractivity contribution < 1.29 is 19.9 Å². The molecule has 1 rings (SSSR count). The van der Waals surface area contributed by atoms with Gasteiger partial charge in [0.25, 0.3) is 0 Å². The molecule has 0 spiro atoms. The number of aryl methyl sites for hydroxylation is 1. The molecule has 0 bridgehead atoms. The minimum atomic E-state index is -1.57. The number of phenols is 1. The molecule has 5 heteroatoms. The maximum absolute atomic E-state index is 11.7. The lowest BCUT2D eigenvalue weighted by Crippen LogP contribution is -2.26. The van der Waals surface area contributed by atoms with E-state index in [2.05, 4.69) is 0 Å². The fourth-order valence-electron chi connectivity index (χ4n) is 1.94. The molecule has 0 aromatic heterocycles. The SMILES string of the molecule is Cc1cccc(CC(CC(=O)C(C)C)B(O)O)c1O. The molecule has 0 fully saturated rings. The Labute approximate surface area is 114 Å². The van der Waals surface area contributed by atoms with E-state index in [0.29, 0.717) is 5.56 Å². The maximum atomic E-state index is 11.7. The molecule has 0 saturated carbocycles. The van der Waals surface area contributed by atoms with Gasteiger partial charge < -0.3 is 15.2 Å². The minimum absolute atomic E-state index is 0.00903. The monoisotopic (exact) mass is 264 g/mol. The summed E-state index contributed by atoms with van der Waals surface area (Å²) in [5, 5.41) is 28.7. The summed E-state index contributed by atoms with van der Waals surface area (Å²) in [5.41, 5.74) is 1.37. The second kappa shape index (κ2) is 6.73. The van der Waals surface area contributed by atoms with Crippen molar-refractivity contribution in [3.63, 3.8) is 0 Å². The van der Waals surface area contributed by atoms with E-state index in [-0.39, 0.29) is 30.3 Å². The minimum Gasteiger partial charge on any atom is -0.507 e. The standard InChI is InChI=1S/C14H21BO4/c1-9(2)13(16)8-12(15(18)19)7-11-6-4-5-10(3)14(11)17/h4-6,9,12,17-19H,7-8H2,1-3H3. The van der Waals surface area contributed by atoms with Crippen LogP contribution in [0.2, 0.25) is 5.82 Å². The second-order valence-corrected chi connectivity index (χ2v) is 5.29. The Morgan fingerprint density at radius 2 is 1.95 bits per heavy atom. The first-order chi connectivity index (χ1) is 8.82. The molecule has 3 N–H and O–H groups in total. The number of phenolic OH excluding ortho intramolecular Hbond substituents is 1. The molecular weight excluding hydrogens is 243 g/mol. The number of carbonyl (C=O) groups excluding carboxylic acids is 1. The van der Waals surface area contributed by atoms with E-state index in [1.54, 1.807) is 39.0 Å². The Morgan fingerprint density at radius 1 is 1.32 bits per heavy atom. The number of hydrogen-bond donors (Lipinski definition) is 3. The number of para-hydroxylation sites is 1. The lowest BCUT2D eigenvalue weighted by molar-refractivity contribution is -0.122. The average molecular weight is 264 g/mol. The highest BCUT2D eigenvalue weighted by atomic mass is 16.4. The topological polar surface area (TPSA) is 77.8 Å². The number of aromatic hydroxyl groups is 1. The van der Waals surface area contributed by atoms with Gasteiger partial charge in [-0.1, -0.05) is 32.0 Å². The zero-order valence-electron chi connectivity index (χ0n) is 11.6. The summed E-state index contributed by atoms with van der Waals surface area (Å²) < 4.78 is 0. The van der Waals surface area contributed by atoms with Crippen molar-refractivity contribution in [2.45, 2.75) is 39.4 Å². The van der Waals surface area contributed by atoms with E-state index in [4.69, 9.17) is 0 Å². The van der Waals surface area contributed by atoms with Crippen LogP contribution in [-0.2, 0) is 11.2 Å². The zero-order chi connectivity index (χ0) is 14.6. The summed E-state index contributed by atoms with van der Waals surface area (Å²) in [6.45, 7) is 5.35. The molecule has 0 aliphatic rings. The van der Waals surface area contributed by atoms with Crippen LogP contribution in [0.1, 0.15) is 31.4 Å². The van der Waals surface area contributed by atoms with Crippen LogP contribution in [0.4, 0.5) is 0 Å². The number of Topliss-reactive ketones (excluding diaryl/α,β-unsaturated/α-hetero) is 1. The number of carbonyl (C=O) groups is 1. The summed E-state index contributed by atoms with van der Waals surface area (Å²) in [5.74, 6) is -0.578. The number of rotatable bonds is 6. The lowest BCUT2D eigenvalue weighted by Gasteiger charge is -2.17. The van der Waals surface area contributed by atoms with Crippen LogP contribution in [0.5, 0.6) is 5.75 Å². The second-order valence-electron chi connectivity index (χ2n) is 5.29. The van der Waals surface area contributed by atoms with Crippen molar-refractivity contribution in [3.8, 4) is 5.75 Å². The van der Waals surface area contributed by atoms with Gasteiger partial charge in [0.2, 0.25) is 0 Å². The molecule has 1 aromatic carbocycles. The third-order valence-electron chi connectivity index (χ3n) is 3.33. The Kier molecular flexibility index (Phi) is 5.57. The molecule has 0 heterocycles. The lowest BCUT2D eigenvalue weighted by atomic mass is 9.66. The van der Waals surface area contributed by atoms with Crippen molar-refractivity contribution in [2.24, 2.45) is 5.92 Å². The highest BCUT2D eigenvalue weighted by molar-refractivity contribution is 6.43. The number of ketones is 1. The van der Waals surface area contributed by atoms with Crippen LogP contribution in [0.3, 0.4) is 0 Å². The fourth-order valence-corrected chi connectivity index (χ4v) is 1.94. The molecule has 104 valence electrons. The number of benzene rings is 1. The van der Waals surface area contributed by atoms with Crippen LogP contribution < -0.4 is 0 Å². The molecule has 0 aliphatic carbocycles. The van der Waals surface area contributed by atoms with Crippen LogP contribution in [0.15, 0.2) is 18.2 Å². The van der Waals surface area contributed by atoms with Crippen molar-refractivity contribution in [2.75, 3.05) is 0 Å². The highest BCUT2D eigenvalue weighted by Gasteiger charge is 2.28. The fraction of sp³-hybridized carbons (Fsp3) is 0.500. The maximum Gasteiger partial charge on any atom is 0.455 e. The Hall–Kier alpha value is -1.33. The Morgan fingerprint density at radius 3 is 2.47 bits per heavy atom. The molecule has 0 radical (unpaired) electrons. The predicted octanol–water partition coefficient (Wildman–Crippen LogP) is 1.70. The molecule has 1 atom stereocenters. The van der Waals surface area contributed by atoms with Gasteiger partial charge >= 0.3 is 7.12 Å². The number of hydrogen-bond acceptors (Lipinski definition) is 4. The van der Waals surface area contributed by atoms with E-state index in [0.717, 1.165) is 5.56 Å². The molecule has 0 amide bonds. The summed E-state index contributed by atoms with van der Waals surface area (Å²) in [6.07, 6.45) is 0.367. The van der Waals surface area contributed by atoms with Gasteiger partial charge in [0.05, 0.1) is 0 Å². The molecule has 0 saturated heterocycles. The van der Waals surface area contributed by atoms with E-state index in [1.807, 2.05) is 0 Å². The van der Waals surface area contributed by atoms with Crippen molar-refractivity contribution >= 4 is 12.9 Å². The molecule has 4 nitrogen and oxygen atoms in total. The van der Waals surface area contributed by atoms with E-state index in [1.165, 1.54) is 0 Å². The van der Waals surface area contributed by atoms with Crippen LogP contribution >= 0.6 is 0 Å². The molecule has 1 unspecified atom stereocenters. The molecular formula is C14H21BO4. The highest BCUT2D eigenvalue weighted by Crippen LogP contribution is 2.28. The smallest absolute Gasteiger partial charge is 0.455 e. The summed E-state index contributed by atoms with van der Waals surface area (Å²) in [4.78, 5) is 11.7. The first-order valence-electron chi connectivity index (χ1n) is 6.49. The Bertz CT molecular complexity index is 443. The molecule has 0 aliphatic heterocycles. The molecule has 19 heavy (non-hydrogen) atoms. The zero-order valence-corrected chi connectivity index (χ0v) is 11.6. The van der Waals surface area contributed by atoms with E-state index < -0.39 is 12.9 Å². The predicted molar refractivity (Wildman–Crippen MR) is 75.0 cm³/mol. The van der Waals surface area contributed by atoms with Crippen molar-refractivity contribution in [1.82, 2.24) is 0 Å². The van der Waals surface area contributed by atoms with Gasteiger partial charge in [0, 0.05) is 18.2 Å². The van der Waals surface area contributed by atoms with E-state index in [9.17, 15) is 19.9 Å².